The highest BCUT2D eigenvalue weighted by Gasteiger charge is 2.14. The van der Waals surface area contributed by atoms with E-state index in [0.717, 1.165) is 22.8 Å². The molecule has 0 spiro atoms. The van der Waals surface area contributed by atoms with Crippen LogP contribution >= 0.6 is 11.3 Å². The molecule has 2 aromatic rings. The summed E-state index contributed by atoms with van der Waals surface area (Å²) in [6.07, 6.45) is 2.38. The summed E-state index contributed by atoms with van der Waals surface area (Å²) < 4.78 is 0. The fraction of sp³-hybridized carbons (Fsp3) is 0.375. The van der Waals surface area contributed by atoms with Gasteiger partial charge in [-0.15, -0.1) is 11.3 Å². The minimum Gasteiger partial charge on any atom is -0.271 e. The quantitative estimate of drug-likeness (QED) is 0.513. The van der Waals surface area contributed by atoms with Gasteiger partial charge in [-0.1, -0.05) is 0 Å². The lowest BCUT2D eigenvalue weighted by Gasteiger charge is -2.10. The van der Waals surface area contributed by atoms with Crippen molar-refractivity contribution in [3.05, 3.63) is 28.0 Å². The lowest BCUT2D eigenvalue weighted by atomic mass is 10.2. The number of thiazole rings is 1. The standard InChI is InChI=1S/C8H12N6S/c1-5-4-15-8(11-5)2-6(12-9)7-3-10-14-13-7/h3-4,6,12H,2,9H2,1H3,(H,10,13,14). The Morgan fingerprint density at radius 2 is 2.53 bits per heavy atom. The van der Waals surface area contributed by atoms with E-state index in [1.807, 2.05) is 12.3 Å². The molecule has 2 heterocycles. The number of nitrogens with two attached hydrogens (primary N) is 1. The average molecular weight is 224 g/mol. The predicted octanol–water partition coefficient (Wildman–Crippen LogP) is 0.317. The van der Waals surface area contributed by atoms with Crippen LogP contribution in [0.3, 0.4) is 0 Å². The van der Waals surface area contributed by atoms with Crippen LogP contribution < -0.4 is 11.3 Å². The average Bonchev–Trinajstić information content (AvgIpc) is 2.85. The van der Waals surface area contributed by atoms with E-state index in [0.29, 0.717) is 0 Å². The molecule has 6 nitrogen and oxygen atoms in total. The van der Waals surface area contributed by atoms with Crippen molar-refractivity contribution in [1.82, 2.24) is 25.8 Å². The van der Waals surface area contributed by atoms with Gasteiger partial charge in [-0.05, 0) is 6.92 Å². The van der Waals surface area contributed by atoms with E-state index in [2.05, 4.69) is 25.8 Å². The lowest BCUT2D eigenvalue weighted by molar-refractivity contribution is 0.535. The summed E-state index contributed by atoms with van der Waals surface area (Å²) in [5.41, 5.74) is 4.54. The largest absolute Gasteiger partial charge is 0.271 e. The Kier molecular flexibility index (Phi) is 3.05. The van der Waals surface area contributed by atoms with E-state index < -0.39 is 0 Å². The molecule has 7 heteroatoms. The van der Waals surface area contributed by atoms with Gasteiger partial charge >= 0.3 is 0 Å². The summed E-state index contributed by atoms with van der Waals surface area (Å²) in [6, 6.07) is -0.0469. The zero-order valence-electron chi connectivity index (χ0n) is 8.27. The number of aromatic nitrogens is 4. The summed E-state index contributed by atoms with van der Waals surface area (Å²) in [7, 11) is 0. The molecule has 0 aliphatic carbocycles. The van der Waals surface area contributed by atoms with Crippen molar-refractivity contribution in [2.45, 2.75) is 19.4 Å². The minimum absolute atomic E-state index is 0.0469. The maximum Gasteiger partial charge on any atom is 0.101 e. The molecular weight excluding hydrogens is 212 g/mol. The molecule has 2 rings (SSSR count). The maximum absolute atomic E-state index is 5.46. The second-order valence-electron chi connectivity index (χ2n) is 3.20. The Labute approximate surface area is 90.9 Å². The number of H-pyrrole nitrogens is 1. The molecule has 0 aliphatic heterocycles. The van der Waals surface area contributed by atoms with Crippen molar-refractivity contribution in [2.75, 3.05) is 0 Å². The van der Waals surface area contributed by atoms with Crippen LogP contribution in [-0.2, 0) is 6.42 Å². The summed E-state index contributed by atoms with van der Waals surface area (Å²) in [5, 5.41) is 13.4. The monoisotopic (exact) mass is 224 g/mol. The molecule has 15 heavy (non-hydrogen) atoms. The van der Waals surface area contributed by atoms with Gasteiger partial charge in [0.15, 0.2) is 0 Å². The number of nitrogens with zero attached hydrogens (tertiary/aromatic N) is 3. The molecule has 4 N–H and O–H groups in total. The third-order valence-corrected chi connectivity index (χ3v) is 3.03. The summed E-state index contributed by atoms with van der Waals surface area (Å²) in [5.74, 6) is 5.46. The molecule has 80 valence electrons. The van der Waals surface area contributed by atoms with Gasteiger partial charge < -0.3 is 0 Å². The smallest absolute Gasteiger partial charge is 0.101 e. The second kappa shape index (κ2) is 4.47. The third kappa shape index (κ3) is 2.38. The van der Waals surface area contributed by atoms with Crippen molar-refractivity contribution in [3.8, 4) is 0 Å². The van der Waals surface area contributed by atoms with Crippen molar-refractivity contribution >= 4 is 11.3 Å². The highest BCUT2D eigenvalue weighted by molar-refractivity contribution is 7.09. The van der Waals surface area contributed by atoms with Gasteiger partial charge in [0.25, 0.3) is 0 Å². The first kappa shape index (κ1) is 10.2. The SMILES string of the molecule is Cc1csc(CC(NN)c2cn[nH]n2)n1. The van der Waals surface area contributed by atoms with E-state index in [9.17, 15) is 0 Å². The first-order valence-corrected chi connectivity index (χ1v) is 5.40. The van der Waals surface area contributed by atoms with Gasteiger partial charge in [-0.25, -0.2) is 4.98 Å². The molecule has 0 fully saturated rings. The lowest BCUT2D eigenvalue weighted by Crippen LogP contribution is -2.29. The third-order valence-electron chi connectivity index (χ3n) is 2.04. The van der Waals surface area contributed by atoms with E-state index in [1.165, 1.54) is 0 Å². The van der Waals surface area contributed by atoms with Crippen LogP contribution in [0.15, 0.2) is 11.6 Å². The van der Waals surface area contributed by atoms with Gasteiger partial charge in [-0.3, -0.25) is 11.3 Å². The second-order valence-corrected chi connectivity index (χ2v) is 4.14. The fourth-order valence-electron chi connectivity index (χ4n) is 1.30. The van der Waals surface area contributed by atoms with Crippen molar-refractivity contribution < 1.29 is 0 Å². The van der Waals surface area contributed by atoms with Crippen LogP contribution in [0.2, 0.25) is 0 Å². The number of rotatable bonds is 4. The van der Waals surface area contributed by atoms with Crippen LogP contribution in [0.4, 0.5) is 0 Å². The minimum atomic E-state index is -0.0469. The number of hydrogen-bond donors (Lipinski definition) is 3. The zero-order valence-corrected chi connectivity index (χ0v) is 9.08. The number of aromatic amines is 1. The van der Waals surface area contributed by atoms with Gasteiger partial charge in [-0.2, -0.15) is 15.4 Å². The molecule has 0 saturated heterocycles. The molecule has 0 bridgehead atoms. The Morgan fingerprint density at radius 1 is 1.67 bits per heavy atom. The normalized spacial score (nSPS) is 12.9. The zero-order chi connectivity index (χ0) is 10.7. The summed E-state index contributed by atoms with van der Waals surface area (Å²) in [6.45, 7) is 1.97. The maximum atomic E-state index is 5.46. The van der Waals surface area contributed by atoms with Crippen LogP contribution in [0, 0.1) is 6.92 Å². The fourth-order valence-corrected chi connectivity index (χ4v) is 2.12. The summed E-state index contributed by atoms with van der Waals surface area (Å²) in [4.78, 5) is 4.37. The Morgan fingerprint density at radius 3 is 3.07 bits per heavy atom. The number of nitrogens with one attached hydrogen (secondary N) is 2. The molecule has 0 aliphatic rings. The Bertz CT molecular complexity index is 408. The predicted molar refractivity (Wildman–Crippen MR) is 57.0 cm³/mol. The molecular formula is C8H12N6S. The van der Waals surface area contributed by atoms with Gasteiger partial charge in [0, 0.05) is 17.5 Å². The number of hydrogen-bond acceptors (Lipinski definition) is 6. The van der Waals surface area contributed by atoms with E-state index in [1.54, 1.807) is 17.5 Å². The van der Waals surface area contributed by atoms with Crippen LogP contribution in [0.25, 0.3) is 0 Å². The molecule has 0 amide bonds. The van der Waals surface area contributed by atoms with Gasteiger partial charge in [0.1, 0.15) is 5.69 Å². The van der Waals surface area contributed by atoms with Crippen LogP contribution in [0.5, 0.6) is 0 Å². The molecule has 1 unspecified atom stereocenters. The van der Waals surface area contributed by atoms with Gasteiger partial charge in [0.05, 0.1) is 17.2 Å². The van der Waals surface area contributed by atoms with E-state index in [-0.39, 0.29) is 6.04 Å². The number of aryl methyl sites for hydroxylation is 1. The number of hydrazine groups is 1. The highest BCUT2D eigenvalue weighted by atomic mass is 32.1. The Balaban J connectivity index is 2.09. The van der Waals surface area contributed by atoms with Crippen molar-refractivity contribution in [3.63, 3.8) is 0 Å². The van der Waals surface area contributed by atoms with Crippen LogP contribution in [-0.4, -0.2) is 20.4 Å². The highest BCUT2D eigenvalue weighted by Crippen LogP contribution is 2.17. The topological polar surface area (TPSA) is 92.5 Å². The van der Waals surface area contributed by atoms with Crippen molar-refractivity contribution in [2.24, 2.45) is 5.84 Å². The molecule has 2 aromatic heterocycles. The molecule has 0 radical (unpaired) electrons. The van der Waals surface area contributed by atoms with Crippen molar-refractivity contribution in [1.29, 1.82) is 0 Å². The van der Waals surface area contributed by atoms with Crippen LogP contribution in [0.1, 0.15) is 22.4 Å². The Hall–Kier alpha value is -1.31. The van der Waals surface area contributed by atoms with E-state index in [4.69, 9.17) is 5.84 Å². The first-order valence-electron chi connectivity index (χ1n) is 4.52. The molecule has 0 saturated carbocycles. The van der Waals surface area contributed by atoms with Gasteiger partial charge in [0.2, 0.25) is 0 Å². The first-order chi connectivity index (χ1) is 7.29. The molecule has 1 atom stereocenters. The van der Waals surface area contributed by atoms with E-state index >= 15 is 0 Å². The molecule has 0 aromatic carbocycles. The summed E-state index contributed by atoms with van der Waals surface area (Å²) >= 11 is 1.63.